The minimum atomic E-state index is 0.883. The van der Waals surface area contributed by atoms with Gasteiger partial charge in [-0.15, -0.1) is 0 Å². The van der Waals surface area contributed by atoms with Crippen molar-refractivity contribution in [1.29, 1.82) is 0 Å². The lowest BCUT2D eigenvalue weighted by Gasteiger charge is -2.23. The zero-order valence-corrected chi connectivity index (χ0v) is 10.1. The number of hydrogen-bond acceptors (Lipinski definition) is 2. The van der Waals surface area contributed by atoms with Crippen molar-refractivity contribution in [3.8, 4) is 0 Å². The van der Waals surface area contributed by atoms with Crippen LogP contribution >= 0.6 is 0 Å². The third-order valence-corrected chi connectivity index (χ3v) is 2.75. The molecule has 0 unspecified atom stereocenters. The molecule has 0 fully saturated rings. The molecule has 0 atom stereocenters. The van der Waals surface area contributed by atoms with E-state index in [-0.39, 0.29) is 0 Å². The summed E-state index contributed by atoms with van der Waals surface area (Å²) in [6.45, 7) is 5.42. The number of aryl methyl sites for hydroxylation is 1. The Morgan fingerprint density at radius 2 is 2.00 bits per heavy atom. The van der Waals surface area contributed by atoms with Crippen LogP contribution in [0, 0.1) is 6.92 Å². The van der Waals surface area contributed by atoms with Crippen LogP contribution in [-0.2, 0) is 0 Å². The Balaban J connectivity index is 2.68. The second-order valence-electron chi connectivity index (χ2n) is 4.14. The summed E-state index contributed by atoms with van der Waals surface area (Å²) < 4.78 is 0. The van der Waals surface area contributed by atoms with Crippen molar-refractivity contribution in [2.45, 2.75) is 33.1 Å². The van der Waals surface area contributed by atoms with Gasteiger partial charge in [0.25, 0.3) is 0 Å². The number of rotatable bonds is 5. The summed E-state index contributed by atoms with van der Waals surface area (Å²) in [6.07, 6.45) is 3.79. The van der Waals surface area contributed by atoms with Crippen LogP contribution in [0.5, 0.6) is 0 Å². The number of anilines is 2. The summed E-state index contributed by atoms with van der Waals surface area (Å²) in [5, 5.41) is 0. The number of nitrogens with zero attached hydrogens (tertiary/aromatic N) is 1. The fraction of sp³-hybridized carbons (Fsp3) is 0.538. The first-order chi connectivity index (χ1) is 7.16. The Morgan fingerprint density at radius 1 is 1.27 bits per heavy atom. The molecule has 0 spiro atoms. The number of hydrogen-bond donors (Lipinski definition) is 1. The van der Waals surface area contributed by atoms with E-state index in [1.807, 2.05) is 12.1 Å². The number of benzene rings is 1. The largest absolute Gasteiger partial charge is 0.397 e. The quantitative estimate of drug-likeness (QED) is 0.592. The molecule has 1 aromatic carbocycles. The van der Waals surface area contributed by atoms with Crippen LogP contribution in [0.2, 0.25) is 0 Å². The minimum absolute atomic E-state index is 0.883. The third kappa shape index (κ3) is 3.15. The zero-order valence-electron chi connectivity index (χ0n) is 10.1. The lowest BCUT2D eigenvalue weighted by atomic mass is 10.1. The molecule has 0 saturated heterocycles. The molecule has 2 nitrogen and oxygen atoms in total. The van der Waals surface area contributed by atoms with Gasteiger partial charge in [0.15, 0.2) is 0 Å². The van der Waals surface area contributed by atoms with Gasteiger partial charge in [0, 0.05) is 13.6 Å². The molecule has 0 aliphatic heterocycles. The van der Waals surface area contributed by atoms with Crippen molar-refractivity contribution in [2.24, 2.45) is 0 Å². The standard InChI is InChI=1S/C13H22N2/c1-4-5-6-10-15(3)13-11(2)8-7-9-12(13)14/h7-9H,4-6,10,14H2,1-3H3. The summed E-state index contributed by atoms with van der Waals surface area (Å²) in [4.78, 5) is 2.26. The maximum Gasteiger partial charge on any atom is 0.0626 e. The monoisotopic (exact) mass is 206 g/mol. The van der Waals surface area contributed by atoms with E-state index in [1.165, 1.54) is 30.5 Å². The van der Waals surface area contributed by atoms with Gasteiger partial charge in [0.1, 0.15) is 0 Å². The second kappa shape index (κ2) is 5.64. The average molecular weight is 206 g/mol. The van der Waals surface area contributed by atoms with E-state index in [0.717, 1.165) is 12.2 Å². The van der Waals surface area contributed by atoms with Gasteiger partial charge in [0.05, 0.1) is 11.4 Å². The van der Waals surface area contributed by atoms with E-state index in [4.69, 9.17) is 5.73 Å². The van der Waals surface area contributed by atoms with Crippen LogP contribution in [0.25, 0.3) is 0 Å². The Bertz CT molecular complexity index is 287. The van der Waals surface area contributed by atoms with Gasteiger partial charge in [-0.05, 0) is 25.0 Å². The topological polar surface area (TPSA) is 29.3 Å². The maximum atomic E-state index is 5.98. The molecule has 2 heteroatoms. The predicted molar refractivity (Wildman–Crippen MR) is 68.4 cm³/mol. The average Bonchev–Trinajstić information content (AvgIpc) is 2.18. The van der Waals surface area contributed by atoms with Crippen molar-refractivity contribution in [3.05, 3.63) is 23.8 Å². The zero-order chi connectivity index (χ0) is 11.3. The van der Waals surface area contributed by atoms with Gasteiger partial charge >= 0.3 is 0 Å². The molecule has 0 bridgehead atoms. The van der Waals surface area contributed by atoms with Gasteiger partial charge in [0.2, 0.25) is 0 Å². The molecule has 0 radical (unpaired) electrons. The lowest BCUT2D eigenvalue weighted by molar-refractivity contribution is 0.705. The normalized spacial score (nSPS) is 10.3. The molecular formula is C13H22N2. The third-order valence-electron chi connectivity index (χ3n) is 2.75. The number of nitrogens with two attached hydrogens (primary N) is 1. The van der Waals surface area contributed by atoms with Crippen LogP contribution in [0.1, 0.15) is 31.7 Å². The van der Waals surface area contributed by atoms with Crippen LogP contribution in [0.15, 0.2) is 18.2 Å². The minimum Gasteiger partial charge on any atom is -0.397 e. The first-order valence-corrected chi connectivity index (χ1v) is 5.73. The maximum absolute atomic E-state index is 5.98. The van der Waals surface area contributed by atoms with Crippen molar-refractivity contribution in [3.63, 3.8) is 0 Å². The number of nitrogen functional groups attached to an aromatic ring is 1. The second-order valence-corrected chi connectivity index (χ2v) is 4.14. The van der Waals surface area contributed by atoms with E-state index in [9.17, 15) is 0 Å². The molecule has 2 N–H and O–H groups in total. The Hall–Kier alpha value is -1.18. The predicted octanol–water partition coefficient (Wildman–Crippen LogP) is 3.20. The molecule has 0 aliphatic carbocycles. The molecule has 0 saturated carbocycles. The van der Waals surface area contributed by atoms with Gasteiger partial charge in [-0.25, -0.2) is 0 Å². The SMILES string of the molecule is CCCCCN(C)c1c(C)cccc1N. The fourth-order valence-corrected chi connectivity index (χ4v) is 1.91. The van der Waals surface area contributed by atoms with Crippen LogP contribution in [0.3, 0.4) is 0 Å². The fourth-order valence-electron chi connectivity index (χ4n) is 1.91. The molecule has 1 rings (SSSR count). The Labute approximate surface area is 93.1 Å². The molecule has 1 aromatic rings. The number of para-hydroxylation sites is 1. The van der Waals surface area contributed by atoms with Crippen molar-refractivity contribution in [2.75, 3.05) is 24.2 Å². The van der Waals surface area contributed by atoms with Gasteiger partial charge in [-0.3, -0.25) is 0 Å². The van der Waals surface area contributed by atoms with Gasteiger partial charge in [-0.1, -0.05) is 31.9 Å². The van der Waals surface area contributed by atoms with Crippen molar-refractivity contribution >= 4 is 11.4 Å². The summed E-state index contributed by atoms with van der Waals surface area (Å²) in [7, 11) is 2.12. The lowest BCUT2D eigenvalue weighted by Crippen LogP contribution is -2.20. The van der Waals surface area contributed by atoms with E-state index >= 15 is 0 Å². The van der Waals surface area contributed by atoms with E-state index in [1.54, 1.807) is 0 Å². The van der Waals surface area contributed by atoms with E-state index < -0.39 is 0 Å². The summed E-state index contributed by atoms with van der Waals surface area (Å²) in [5.74, 6) is 0. The Kier molecular flexibility index (Phi) is 4.47. The first-order valence-electron chi connectivity index (χ1n) is 5.73. The van der Waals surface area contributed by atoms with Crippen LogP contribution < -0.4 is 10.6 Å². The molecule has 15 heavy (non-hydrogen) atoms. The summed E-state index contributed by atoms with van der Waals surface area (Å²) >= 11 is 0. The highest BCUT2D eigenvalue weighted by Crippen LogP contribution is 2.26. The van der Waals surface area contributed by atoms with E-state index in [2.05, 4.69) is 31.9 Å². The summed E-state index contributed by atoms with van der Waals surface area (Å²) in [5.41, 5.74) is 9.32. The van der Waals surface area contributed by atoms with Gasteiger partial charge in [-0.2, -0.15) is 0 Å². The first kappa shape index (κ1) is 11.9. The molecular weight excluding hydrogens is 184 g/mol. The highest BCUT2D eigenvalue weighted by Gasteiger charge is 2.07. The van der Waals surface area contributed by atoms with Crippen molar-refractivity contribution in [1.82, 2.24) is 0 Å². The molecule has 84 valence electrons. The molecule has 0 aromatic heterocycles. The highest BCUT2D eigenvalue weighted by molar-refractivity contribution is 5.70. The smallest absolute Gasteiger partial charge is 0.0626 e. The Morgan fingerprint density at radius 3 is 2.60 bits per heavy atom. The van der Waals surface area contributed by atoms with Gasteiger partial charge < -0.3 is 10.6 Å². The number of unbranched alkanes of at least 4 members (excludes halogenated alkanes) is 2. The van der Waals surface area contributed by atoms with E-state index in [0.29, 0.717) is 0 Å². The van der Waals surface area contributed by atoms with Crippen LogP contribution in [0.4, 0.5) is 11.4 Å². The van der Waals surface area contributed by atoms with Crippen molar-refractivity contribution < 1.29 is 0 Å². The highest BCUT2D eigenvalue weighted by atomic mass is 15.1. The molecule has 0 heterocycles. The van der Waals surface area contributed by atoms with Crippen LogP contribution in [-0.4, -0.2) is 13.6 Å². The molecule has 0 amide bonds. The molecule has 0 aliphatic rings. The summed E-state index contributed by atoms with van der Waals surface area (Å²) in [6, 6.07) is 6.09.